The Labute approximate surface area is 256 Å². The maximum atomic E-state index is 15.0. The smallest absolute Gasteiger partial charge is 0.420 e. The molecule has 18 heteroatoms. The number of nitrogens with two attached hydrogens (primary N) is 2. The number of carbonyl (C=O) groups excluding carboxylic acids is 5. The van der Waals surface area contributed by atoms with Gasteiger partial charge >= 0.3 is 12.1 Å². The Kier molecular flexibility index (Phi) is 12.7. The molecule has 0 bridgehead atoms. The summed E-state index contributed by atoms with van der Waals surface area (Å²) >= 11 is 0. The van der Waals surface area contributed by atoms with Crippen molar-refractivity contribution in [2.75, 3.05) is 13.1 Å². The number of carboxylic acid groups (broad SMARTS) is 1. The van der Waals surface area contributed by atoms with Crippen LogP contribution >= 0.6 is 0 Å². The van der Waals surface area contributed by atoms with Gasteiger partial charge in [-0.3, -0.25) is 33.8 Å². The third-order valence-electron chi connectivity index (χ3n) is 6.79. The van der Waals surface area contributed by atoms with Crippen molar-refractivity contribution in [2.45, 2.75) is 69.4 Å². The first-order valence-electron chi connectivity index (χ1n) is 13.8. The van der Waals surface area contributed by atoms with Gasteiger partial charge in [0, 0.05) is 13.0 Å². The second-order valence-electron chi connectivity index (χ2n) is 10.7. The summed E-state index contributed by atoms with van der Waals surface area (Å²) in [5.41, 5.74) is 6.83. The van der Waals surface area contributed by atoms with E-state index in [0.29, 0.717) is 0 Å². The normalized spacial score (nSPS) is 23.8. The monoisotopic (exact) mass is 642 g/mol. The van der Waals surface area contributed by atoms with E-state index in [0.717, 1.165) is 0 Å². The van der Waals surface area contributed by atoms with Gasteiger partial charge in [-0.15, -0.1) is 0 Å². The van der Waals surface area contributed by atoms with Gasteiger partial charge in [-0.05, 0) is 24.3 Å². The quantitative estimate of drug-likeness (QED) is 0.0878. The summed E-state index contributed by atoms with van der Waals surface area (Å²) < 4.78 is 45.1. The summed E-state index contributed by atoms with van der Waals surface area (Å²) in [4.78, 5) is 81.2. The first kappa shape index (κ1) is 36.3. The van der Waals surface area contributed by atoms with Gasteiger partial charge in [-0.25, -0.2) is 0 Å². The van der Waals surface area contributed by atoms with Crippen LogP contribution in [-0.2, 0) is 35.2 Å². The summed E-state index contributed by atoms with van der Waals surface area (Å²) in [6.45, 7) is 2.08. The average Bonchev–Trinajstić information content (AvgIpc) is 2.94. The lowest BCUT2D eigenvalue weighted by molar-refractivity contribution is -0.202. The molecule has 45 heavy (non-hydrogen) atoms. The second kappa shape index (κ2) is 15.7. The molecule has 0 aromatic heterocycles. The molecule has 4 atom stereocenters. The molecule has 2 rings (SSSR count). The SMILES string of the molecule is CC(C)[C@@H]1NC(=O)[C@@](Cc2ccccc2)(C(F)(F)F)NC(=O)[C@H](CC(=O)O)NC(=O)CNC(=O)[C@H](CCCN=C(N)N)NC1=O. The van der Waals surface area contributed by atoms with Gasteiger partial charge in [-0.1, -0.05) is 44.2 Å². The highest BCUT2D eigenvalue weighted by molar-refractivity contribution is 6.00. The number of aliphatic carboxylic acids is 1. The molecule has 1 aliphatic heterocycles. The van der Waals surface area contributed by atoms with Crippen LogP contribution in [0.25, 0.3) is 0 Å². The summed E-state index contributed by atoms with van der Waals surface area (Å²) in [7, 11) is 0. The van der Waals surface area contributed by atoms with Gasteiger partial charge in [0.2, 0.25) is 29.2 Å². The van der Waals surface area contributed by atoms with Gasteiger partial charge in [0.1, 0.15) is 18.1 Å². The number of rotatable bonds is 9. The van der Waals surface area contributed by atoms with E-state index in [2.05, 4.69) is 20.9 Å². The zero-order valence-corrected chi connectivity index (χ0v) is 24.6. The Morgan fingerprint density at radius 3 is 2.20 bits per heavy atom. The van der Waals surface area contributed by atoms with Crippen LogP contribution in [0.5, 0.6) is 0 Å². The van der Waals surface area contributed by atoms with E-state index >= 15 is 13.2 Å². The number of amides is 5. The molecule has 0 aliphatic carbocycles. The maximum Gasteiger partial charge on any atom is 0.420 e. The van der Waals surface area contributed by atoms with Crippen molar-refractivity contribution >= 4 is 41.5 Å². The van der Waals surface area contributed by atoms with Crippen molar-refractivity contribution < 1.29 is 47.0 Å². The largest absolute Gasteiger partial charge is 0.481 e. The standard InChI is InChI=1S/C27H37F3N8O7/c1-14(2)20-23(44)36-16(9-6-10-33-25(31)32)21(42)34-13-18(39)35-17(11-19(40)41)22(43)38-26(24(45)37-20,27(28,29)30)12-15-7-4-3-5-8-15/h3-5,7-8,14,16-17,20H,6,9-13H2,1-2H3,(H,34,42)(H,35,39)(H,36,44)(H,37,45)(H,38,43)(H,40,41)(H4,31,32,33)/t16-,17-,20-,26-/m0/s1. The molecule has 15 nitrogen and oxygen atoms in total. The minimum Gasteiger partial charge on any atom is -0.481 e. The number of aliphatic imine (C=N–C) groups is 1. The minimum absolute atomic E-state index is 0.0387. The Morgan fingerprint density at radius 1 is 1.00 bits per heavy atom. The van der Waals surface area contributed by atoms with Crippen LogP contribution in [0.15, 0.2) is 35.3 Å². The molecule has 1 aromatic rings. The highest BCUT2D eigenvalue weighted by Crippen LogP contribution is 2.34. The lowest BCUT2D eigenvalue weighted by Crippen LogP contribution is -2.72. The van der Waals surface area contributed by atoms with Crippen molar-refractivity contribution in [1.29, 1.82) is 0 Å². The van der Waals surface area contributed by atoms with Gasteiger partial charge in [-0.2, -0.15) is 13.2 Å². The highest BCUT2D eigenvalue weighted by atomic mass is 19.4. The van der Waals surface area contributed by atoms with Crippen LogP contribution < -0.4 is 38.1 Å². The third-order valence-corrected chi connectivity index (χ3v) is 6.79. The van der Waals surface area contributed by atoms with Crippen LogP contribution in [0.1, 0.15) is 38.7 Å². The number of hydrogen-bond acceptors (Lipinski definition) is 7. The highest BCUT2D eigenvalue weighted by Gasteiger charge is 2.62. The molecular formula is C27H37F3N8O7. The Hall–Kier alpha value is -4.90. The minimum atomic E-state index is -5.50. The molecule has 5 amide bonds. The van der Waals surface area contributed by atoms with E-state index in [1.54, 1.807) is 5.32 Å². The first-order chi connectivity index (χ1) is 21.0. The van der Waals surface area contributed by atoms with Gasteiger partial charge in [0.15, 0.2) is 5.96 Å². The fourth-order valence-electron chi connectivity index (χ4n) is 4.43. The zero-order valence-electron chi connectivity index (χ0n) is 24.6. The van der Waals surface area contributed by atoms with E-state index in [1.807, 2.05) is 5.32 Å². The number of carbonyl (C=O) groups is 6. The number of hydrogen-bond donors (Lipinski definition) is 8. The van der Waals surface area contributed by atoms with Crippen molar-refractivity contribution in [3.05, 3.63) is 35.9 Å². The van der Waals surface area contributed by atoms with Crippen molar-refractivity contribution in [3.63, 3.8) is 0 Å². The summed E-state index contributed by atoms with van der Waals surface area (Å²) in [6.07, 6.45) is -7.75. The third kappa shape index (κ3) is 10.4. The maximum absolute atomic E-state index is 15.0. The lowest BCUT2D eigenvalue weighted by Gasteiger charge is -2.37. The molecule has 1 heterocycles. The van der Waals surface area contributed by atoms with Crippen LogP contribution in [-0.4, -0.2) is 89.5 Å². The molecule has 0 saturated carbocycles. The number of carboxylic acids is 1. The zero-order chi connectivity index (χ0) is 33.9. The predicted molar refractivity (Wildman–Crippen MR) is 153 cm³/mol. The fourth-order valence-corrected chi connectivity index (χ4v) is 4.43. The number of nitrogens with zero attached hydrogens (tertiary/aromatic N) is 1. The van der Waals surface area contributed by atoms with E-state index in [1.165, 1.54) is 44.2 Å². The van der Waals surface area contributed by atoms with Gasteiger partial charge in [0.05, 0.1) is 13.0 Å². The lowest BCUT2D eigenvalue weighted by atomic mass is 9.87. The molecule has 0 radical (unpaired) electrons. The second-order valence-corrected chi connectivity index (χ2v) is 10.7. The van der Waals surface area contributed by atoms with Crippen LogP contribution in [0, 0.1) is 5.92 Å². The van der Waals surface area contributed by atoms with Crippen molar-refractivity contribution in [1.82, 2.24) is 26.6 Å². The first-order valence-corrected chi connectivity index (χ1v) is 13.8. The van der Waals surface area contributed by atoms with E-state index in [4.69, 9.17) is 11.5 Å². The topological polar surface area (TPSA) is 247 Å². The summed E-state index contributed by atoms with van der Waals surface area (Å²) in [5, 5.41) is 19.7. The number of halogens is 3. The number of benzene rings is 1. The van der Waals surface area contributed by atoms with E-state index in [-0.39, 0.29) is 30.9 Å². The van der Waals surface area contributed by atoms with Crippen LogP contribution in [0.4, 0.5) is 13.2 Å². The average molecular weight is 643 g/mol. The predicted octanol–water partition coefficient (Wildman–Crippen LogP) is -1.59. The summed E-state index contributed by atoms with van der Waals surface area (Å²) in [5.74, 6) is -9.22. The Balaban J connectivity index is 2.66. The molecule has 0 spiro atoms. The van der Waals surface area contributed by atoms with Crippen LogP contribution in [0.2, 0.25) is 0 Å². The van der Waals surface area contributed by atoms with E-state index in [9.17, 15) is 33.9 Å². The Morgan fingerprint density at radius 2 is 1.64 bits per heavy atom. The molecule has 10 N–H and O–H groups in total. The Bertz CT molecular complexity index is 1290. The van der Waals surface area contributed by atoms with Gasteiger partial charge < -0.3 is 43.2 Å². The van der Waals surface area contributed by atoms with Crippen molar-refractivity contribution in [2.24, 2.45) is 22.4 Å². The molecule has 1 saturated heterocycles. The van der Waals surface area contributed by atoms with E-state index < -0.39 is 90.7 Å². The molecule has 1 aromatic carbocycles. The fraction of sp³-hybridized carbons (Fsp3) is 0.519. The number of nitrogens with one attached hydrogen (secondary N) is 5. The number of alkyl halides is 3. The molecular weight excluding hydrogens is 605 g/mol. The molecule has 248 valence electrons. The molecule has 1 fully saturated rings. The van der Waals surface area contributed by atoms with Crippen LogP contribution in [0.3, 0.4) is 0 Å². The van der Waals surface area contributed by atoms with Gasteiger partial charge in [0.25, 0.3) is 5.91 Å². The summed E-state index contributed by atoms with van der Waals surface area (Å²) in [6, 6.07) is 1.79. The van der Waals surface area contributed by atoms with Crippen molar-refractivity contribution in [3.8, 4) is 0 Å². The molecule has 0 unspecified atom stereocenters. The number of guanidine groups is 1. The molecule has 1 aliphatic rings.